The van der Waals surface area contributed by atoms with Crippen LogP contribution in [0.2, 0.25) is 5.28 Å². The summed E-state index contributed by atoms with van der Waals surface area (Å²) in [7, 11) is 0. The normalized spacial score (nSPS) is 29.3. The van der Waals surface area contributed by atoms with Gasteiger partial charge in [0.25, 0.3) is 0 Å². The second-order valence-electron chi connectivity index (χ2n) is 4.05. The molecule has 0 aliphatic carbocycles. The third-order valence-electron chi connectivity index (χ3n) is 2.92. The van der Waals surface area contributed by atoms with Crippen molar-refractivity contribution >= 4 is 17.4 Å². The molecule has 0 saturated heterocycles. The van der Waals surface area contributed by atoms with E-state index in [1.807, 2.05) is 0 Å². The van der Waals surface area contributed by atoms with E-state index in [0.717, 1.165) is 6.20 Å². The van der Waals surface area contributed by atoms with Gasteiger partial charge in [-0.15, -0.1) is 10.2 Å². The van der Waals surface area contributed by atoms with Crippen LogP contribution in [0.5, 0.6) is 0 Å². The van der Waals surface area contributed by atoms with Gasteiger partial charge in [-0.05, 0) is 38.6 Å². The first-order valence-electron chi connectivity index (χ1n) is 11.5. The van der Waals surface area contributed by atoms with Crippen molar-refractivity contribution in [3.05, 3.63) is 23.1 Å². The van der Waals surface area contributed by atoms with Gasteiger partial charge < -0.3 is 4.90 Å². The molecule has 0 bridgehead atoms. The summed E-state index contributed by atoms with van der Waals surface area (Å²) in [6.07, 6.45) is -2.21. The fourth-order valence-electron chi connectivity index (χ4n) is 2.14. The summed E-state index contributed by atoms with van der Waals surface area (Å²) in [5, 5.41) is 7.16. The van der Waals surface area contributed by atoms with Crippen molar-refractivity contribution in [1.29, 1.82) is 0 Å². The minimum atomic E-state index is -3.59. The minimum Gasteiger partial charge on any atom is -0.342 e. The molecule has 7 heteroatoms. The number of rotatable bonds is 2. The second kappa shape index (κ2) is 4.70. The third-order valence-corrected chi connectivity index (χ3v) is 3.10. The van der Waals surface area contributed by atoms with Crippen LogP contribution in [-0.2, 0) is 0 Å². The summed E-state index contributed by atoms with van der Waals surface area (Å²) in [6.45, 7) is -9.12. The summed E-state index contributed by atoms with van der Waals surface area (Å²) >= 11 is 5.88. The number of hydrogen-bond donors (Lipinski definition) is 0. The van der Waals surface area contributed by atoms with E-state index in [0.29, 0.717) is 4.90 Å². The van der Waals surface area contributed by atoms with Gasteiger partial charge in [-0.3, -0.25) is 4.57 Å². The fraction of sp³-hybridized carbons (Fsp3) is 0.538. The van der Waals surface area contributed by atoms with Crippen LogP contribution in [-0.4, -0.2) is 30.8 Å². The molecule has 0 aromatic carbocycles. The Morgan fingerprint density at radius 3 is 3.15 bits per heavy atom. The molecule has 3 rings (SSSR count). The van der Waals surface area contributed by atoms with E-state index < -0.39 is 55.9 Å². The zero-order chi connectivity index (χ0) is 24.7. The lowest BCUT2D eigenvalue weighted by Crippen LogP contribution is -2.40. The van der Waals surface area contributed by atoms with Crippen molar-refractivity contribution in [2.45, 2.75) is 45.9 Å². The molecule has 1 aliphatic rings. The number of anilines is 1. The first-order chi connectivity index (χ1) is 14.3. The average Bonchev–Trinajstić information content (AvgIpc) is 2.98. The monoisotopic (exact) mass is 304 g/mol. The summed E-state index contributed by atoms with van der Waals surface area (Å²) < 4.78 is 97.0. The van der Waals surface area contributed by atoms with Crippen LogP contribution in [0.1, 0.15) is 61.1 Å². The molecule has 0 fully saturated rings. The first kappa shape index (κ1) is 5.26. The molecule has 0 spiro atoms. The van der Waals surface area contributed by atoms with Gasteiger partial charge in [0.1, 0.15) is 11.5 Å². The molecule has 2 aromatic rings. The zero-order valence-electron chi connectivity index (χ0n) is 22.2. The van der Waals surface area contributed by atoms with Crippen molar-refractivity contribution < 1.29 is 16.4 Å². The Balaban J connectivity index is 2.53. The van der Waals surface area contributed by atoms with Crippen molar-refractivity contribution in [1.82, 2.24) is 24.7 Å². The van der Waals surface area contributed by atoms with Gasteiger partial charge in [-0.25, -0.2) is 4.98 Å². The number of fused-ring (bicyclic) bond motifs is 3. The van der Waals surface area contributed by atoms with E-state index >= 15 is 0 Å². The van der Waals surface area contributed by atoms with Gasteiger partial charge in [0.15, 0.2) is 11.6 Å². The largest absolute Gasteiger partial charge is 0.342 e. The number of nitrogens with zero attached hydrogens (tertiary/aromatic N) is 6. The molecule has 0 radical (unpaired) electrons. The fourth-order valence-corrected chi connectivity index (χ4v) is 2.26. The van der Waals surface area contributed by atoms with Crippen molar-refractivity contribution in [3.63, 3.8) is 0 Å². The highest BCUT2D eigenvalue weighted by Gasteiger charge is 2.35. The maximum absolute atomic E-state index is 8.67. The molecular formula is C13H17ClN6. The van der Waals surface area contributed by atoms with Gasteiger partial charge in [-0.1, -0.05) is 6.85 Å². The Kier molecular flexibility index (Phi) is 1.23. The maximum Gasteiger partial charge on any atom is 0.224 e. The van der Waals surface area contributed by atoms with E-state index in [9.17, 15) is 0 Å². The third kappa shape index (κ3) is 1.78. The number of hydrogen-bond acceptors (Lipinski definition) is 5. The average molecular weight is 305 g/mol. The van der Waals surface area contributed by atoms with Gasteiger partial charge in [0.2, 0.25) is 5.28 Å². The van der Waals surface area contributed by atoms with Crippen LogP contribution in [0.4, 0.5) is 5.82 Å². The Morgan fingerprint density at radius 1 is 1.55 bits per heavy atom. The van der Waals surface area contributed by atoms with Crippen LogP contribution in [0.25, 0.3) is 5.69 Å². The van der Waals surface area contributed by atoms with Crippen molar-refractivity contribution in [3.8, 4) is 5.69 Å². The summed E-state index contributed by atoms with van der Waals surface area (Å²) in [5.41, 5.74) is -0.0883. The number of halogens is 1. The molecule has 2 aromatic heterocycles. The molecule has 0 unspecified atom stereocenters. The van der Waals surface area contributed by atoms with E-state index in [1.165, 1.54) is 11.5 Å². The predicted octanol–water partition coefficient (Wildman–Crippen LogP) is 2.70. The molecule has 1 atom stereocenters. The molecular weight excluding hydrogens is 276 g/mol. The topological polar surface area (TPSA) is 59.7 Å². The van der Waals surface area contributed by atoms with E-state index in [2.05, 4.69) is 20.2 Å². The first-order valence-corrected chi connectivity index (χ1v) is 5.89. The molecule has 20 heavy (non-hydrogen) atoms. The van der Waals surface area contributed by atoms with Gasteiger partial charge >= 0.3 is 0 Å². The summed E-state index contributed by atoms with van der Waals surface area (Å²) in [5.74, 6) is -0.843. The Morgan fingerprint density at radius 2 is 2.40 bits per heavy atom. The van der Waals surface area contributed by atoms with E-state index in [4.69, 9.17) is 28.1 Å². The van der Waals surface area contributed by atoms with Crippen LogP contribution >= 0.6 is 11.6 Å². The molecule has 0 amide bonds. The highest BCUT2D eigenvalue weighted by molar-refractivity contribution is 6.28. The molecule has 0 saturated carbocycles. The van der Waals surface area contributed by atoms with Crippen LogP contribution < -0.4 is 4.90 Å². The highest BCUT2D eigenvalue weighted by Crippen LogP contribution is 2.39. The number of aromatic nitrogens is 5. The number of aryl methyl sites for hydroxylation is 1. The Hall–Kier alpha value is -1.69. The second-order valence-corrected chi connectivity index (χ2v) is 4.39. The molecule has 106 valence electrons. The predicted molar refractivity (Wildman–Crippen MR) is 77.3 cm³/mol. The van der Waals surface area contributed by atoms with E-state index in [1.54, 1.807) is 0 Å². The van der Waals surface area contributed by atoms with Crippen molar-refractivity contribution in [2.75, 3.05) is 4.90 Å². The molecule has 6 nitrogen and oxygen atoms in total. The Bertz CT molecular complexity index is 1030. The molecule has 3 heterocycles. The molecule has 1 aliphatic heterocycles. The van der Waals surface area contributed by atoms with Crippen LogP contribution in [0, 0.1) is 6.92 Å². The summed E-state index contributed by atoms with van der Waals surface area (Å²) in [6, 6.07) is -5.77. The lowest BCUT2D eigenvalue weighted by molar-refractivity contribution is 0.496. The smallest absolute Gasteiger partial charge is 0.224 e. The van der Waals surface area contributed by atoms with Crippen LogP contribution in [0.3, 0.4) is 0 Å². The van der Waals surface area contributed by atoms with E-state index in [-0.39, 0.29) is 11.5 Å². The highest BCUT2D eigenvalue weighted by atomic mass is 35.5. The SMILES string of the molecule is [2H]C([2H])([2H])C([2H])([2H])[C@@H]1c2nnc(C)n2-c2cnc(Cl)nc2N1C([2H])(C([2H])([2H])[2H])C([2H])([2H])[2H]. The van der Waals surface area contributed by atoms with Crippen molar-refractivity contribution in [2.24, 2.45) is 0 Å². The lowest BCUT2D eigenvalue weighted by Gasteiger charge is -2.39. The Labute approximate surface area is 139 Å². The minimum absolute atomic E-state index is 0.0883. The maximum atomic E-state index is 8.67. The van der Waals surface area contributed by atoms with Gasteiger partial charge in [-0.2, -0.15) is 4.98 Å². The zero-order valence-corrected chi connectivity index (χ0v) is 11.0. The van der Waals surface area contributed by atoms with Gasteiger partial charge in [0, 0.05) is 21.1 Å². The van der Waals surface area contributed by atoms with Gasteiger partial charge in [0.05, 0.1) is 13.6 Å². The lowest BCUT2D eigenvalue weighted by atomic mass is 10.1. The van der Waals surface area contributed by atoms with Crippen LogP contribution in [0.15, 0.2) is 6.20 Å². The molecule has 0 N–H and O–H groups in total. The summed E-state index contributed by atoms with van der Waals surface area (Å²) in [4.78, 5) is 7.99. The standard InChI is InChI=1S/C13H17ClN6/c1-5-9-12-18-17-8(4)20(12)10-6-15-13(14)16-11(10)19(9)7(2)3/h6-7,9H,5H2,1-4H3/t9-/m1/s1/i1D3,2D3,3D3,5D2,7D. The quantitative estimate of drug-likeness (QED) is 0.798.